The highest BCUT2D eigenvalue weighted by Gasteiger charge is 2.12. The third kappa shape index (κ3) is 2.37. The molecule has 0 N–H and O–H groups in total. The van der Waals surface area contributed by atoms with Gasteiger partial charge in [0.15, 0.2) is 0 Å². The molecule has 0 radical (unpaired) electrons. The summed E-state index contributed by atoms with van der Waals surface area (Å²) in [6.07, 6.45) is 0. The van der Waals surface area contributed by atoms with Crippen LogP contribution < -0.4 is 0 Å². The number of fused-ring (bicyclic) bond motifs is 1. The van der Waals surface area contributed by atoms with E-state index in [1.807, 2.05) is 18.2 Å². The molecular weight excluding hydrogens is 318 g/mol. The Morgan fingerprint density at radius 3 is 2.15 bits per heavy atom. The van der Waals surface area contributed by atoms with Crippen molar-refractivity contribution >= 4 is 45.6 Å². The van der Waals surface area contributed by atoms with E-state index < -0.39 is 0 Å². The summed E-state index contributed by atoms with van der Waals surface area (Å²) in [7, 11) is 0. The van der Waals surface area contributed by atoms with Gasteiger partial charge in [-0.05, 0) is 46.7 Å². The minimum atomic E-state index is -0.260. The average Bonchev–Trinajstić information content (AvgIpc) is 2.43. The average molecular weight is 326 g/mol. The van der Waals surface area contributed by atoms with Crippen molar-refractivity contribution in [2.45, 2.75) is 0 Å². The van der Waals surface area contributed by atoms with E-state index in [0.717, 1.165) is 16.3 Å². The van der Waals surface area contributed by atoms with Gasteiger partial charge in [0.1, 0.15) is 5.82 Å². The summed E-state index contributed by atoms with van der Waals surface area (Å²) in [5.74, 6) is -0.260. The monoisotopic (exact) mass is 324 g/mol. The van der Waals surface area contributed by atoms with Crippen molar-refractivity contribution in [1.29, 1.82) is 0 Å². The first-order chi connectivity index (χ1) is 9.56. The molecule has 4 heteroatoms. The van der Waals surface area contributed by atoms with Crippen LogP contribution in [0.1, 0.15) is 0 Å². The van der Waals surface area contributed by atoms with Crippen molar-refractivity contribution in [2.24, 2.45) is 0 Å². The highest BCUT2D eigenvalue weighted by Crippen LogP contribution is 2.39. The zero-order valence-electron chi connectivity index (χ0n) is 10.1. The van der Waals surface area contributed by atoms with Gasteiger partial charge in [-0.1, -0.05) is 53.0 Å². The second-order valence-electron chi connectivity index (χ2n) is 4.42. The Hall–Kier alpha value is -1.28. The molecule has 3 rings (SSSR count). The van der Waals surface area contributed by atoms with Crippen LogP contribution in [0.3, 0.4) is 0 Å². The largest absolute Gasteiger partial charge is 0.207 e. The van der Waals surface area contributed by atoms with Crippen molar-refractivity contribution in [1.82, 2.24) is 0 Å². The summed E-state index contributed by atoms with van der Waals surface area (Å²) < 4.78 is 13.2. The Balaban J connectivity index is 2.25. The quantitative estimate of drug-likeness (QED) is 0.442. The van der Waals surface area contributed by atoms with Crippen LogP contribution in [0.15, 0.2) is 48.5 Å². The smallest absolute Gasteiger partial charge is 0.123 e. The number of halogens is 4. The molecule has 0 bridgehead atoms. The van der Waals surface area contributed by atoms with Crippen LogP contribution in [0.2, 0.25) is 15.1 Å². The van der Waals surface area contributed by atoms with Crippen LogP contribution in [-0.4, -0.2) is 0 Å². The topological polar surface area (TPSA) is 0 Å². The molecule has 20 heavy (non-hydrogen) atoms. The minimum absolute atomic E-state index is 0.260. The summed E-state index contributed by atoms with van der Waals surface area (Å²) in [5, 5.41) is 3.13. The van der Waals surface area contributed by atoms with E-state index in [1.54, 1.807) is 18.2 Å². The highest BCUT2D eigenvalue weighted by molar-refractivity contribution is 6.46. The first kappa shape index (κ1) is 13.7. The van der Waals surface area contributed by atoms with Gasteiger partial charge in [-0.2, -0.15) is 0 Å². The lowest BCUT2D eigenvalue weighted by Crippen LogP contribution is -1.84. The number of hydrogen-bond acceptors (Lipinski definition) is 0. The van der Waals surface area contributed by atoms with Crippen molar-refractivity contribution in [3.05, 3.63) is 69.4 Å². The van der Waals surface area contributed by atoms with Crippen LogP contribution in [0.5, 0.6) is 0 Å². The maximum absolute atomic E-state index is 13.2. The standard InChI is InChI=1S/C16H8Cl3F/c17-13-5-6-14(18)16(19)15(13)11-2-1-10-8-12(20)4-3-9(10)7-11/h1-8H. The van der Waals surface area contributed by atoms with Crippen LogP contribution in [0.4, 0.5) is 4.39 Å². The van der Waals surface area contributed by atoms with Crippen molar-refractivity contribution < 1.29 is 4.39 Å². The van der Waals surface area contributed by atoms with Gasteiger partial charge in [-0.3, -0.25) is 0 Å². The molecule has 3 aromatic carbocycles. The molecule has 0 heterocycles. The Kier molecular flexibility index (Phi) is 3.59. The van der Waals surface area contributed by atoms with E-state index in [1.165, 1.54) is 12.1 Å². The lowest BCUT2D eigenvalue weighted by atomic mass is 10.0. The Morgan fingerprint density at radius 2 is 1.35 bits per heavy atom. The molecule has 0 aliphatic heterocycles. The van der Waals surface area contributed by atoms with Crippen LogP contribution in [0.25, 0.3) is 21.9 Å². The van der Waals surface area contributed by atoms with E-state index in [4.69, 9.17) is 34.8 Å². The molecule has 0 aliphatic rings. The first-order valence-corrected chi connectivity index (χ1v) is 7.03. The molecule has 0 spiro atoms. The van der Waals surface area contributed by atoms with Crippen molar-refractivity contribution in [3.63, 3.8) is 0 Å². The number of rotatable bonds is 1. The SMILES string of the molecule is Fc1ccc2cc(-c3c(Cl)ccc(Cl)c3Cl)ccc2c1. The van der Waals surface area contributed by atoms with Gasteiger partial charge in [-0.15, -0.1) is 0 Å². The summed E-state index contributed by atoms with van der Waals surface area (Å²) in [6, 6.07) is 13.6. The second kappa shape index (κ2) is 5.25. The molecule has 0 unspecified atom stereocenters. The van der Waals surface area contributed by atoms with Crippen molar-refractivity contribution in [3.8, 4) is 11.1 Å². The molecule has 3 aromatic rings. The number of hydrogen-bond donors (Lipinski definition) is 0. The summed E-state index contributed by atoms with van der Waals surface area (Å²) in [4.78, 5) is 0. The molecule has 100 valence electrons. The van der Waals surface area contributed by atoms with Gasteiger partial charge in [0.25, 0.3) is 0 Å². The van der Waals surface area contributed by atoms with Gasteiger partial charge < -0.3 is 0 Å². The lowest BCUT2D eigenvalue weighted by Gasteiger charge is -2.10. The van der Waals surface area contributed by atoms with E-state index >= 15 is 0 Å². The molecule has 0 aliphatic carbocycles. The molecular formula is C16H8Cl3F. The summed E-state index contributed by atoms with van der Waals surface area (Å²) in [5.41, 5.74) is 1.54. The lowest BCUT2D eigenvalue weighted by molar-refractivity contribution is 0.630. The highest BCUT2D eigenvalue weighted by atomic mass is 35.5. The van der Waals surface area contributed by atoms with E-state index in [0.29, 0.717) is 20.6 Å². The van der Waals surface area contributed by atoms with Gasteiger partial charge in [0, 0.05) is 10.6 Å². The Labute approximate surface area is 130 Å². The van der Waals surface area contributed by atoms with Gasteiger partial charge in [0.2, 0.25) is 0 Å². The fraction of sp³-hybridized carbons (Fsp3) is 0. The number of benzene rings is 3. The zero-order chi connectivity index (χ0) is 14.3. The van der Waals surface area contributed by atoms with Gasteiger partial charge >= 0.3 is 0 Å². The summed E-state index contributed by atoms with van der Waals surface area (Å²) >= 11 is 18.5. The van der Waals surface area contributed by atoms with E-state index in [9.17, 15) is 4.39 Å². The predicted octanol–water partition coefficient (Wildman–Crippen LogP) is 6.61. The first-order valence-electron chi connectivity index (χ1n) is 5.89. The Morgan fingerprint density at radius 1 is 0.700 bits per heavy atom. The van der Waals surface area contributed by atoms with Crippen LogP contribution in [0, 0.1) is 5.82 Å². The van der Waals surface area contributed by atoms with E-state index in [-0.39, 0.29) is 5.82 Å². The predicted molar refractivity (Wildman–Crippen MR) is 84.4 cm³/mol. The van der Waals surface area contributed by atoms with Crippen LogP contribution >= 0.6 is 34.8 Å². The fourth-order valence-corrected chi connectivity index (χ4v) is 2.91. The van der Waals surface area contributed by atoms with Crippen LogP contribution in [-0.2, 0) is 0 Å². The fourth-order valence-electron chi connectivity index (χ4n) is 2.16. The van der Waals surface area contributed by atoms with Crippen molar-refractivity contribution in [2.75, 3.05) is 0 Å². The van der Waals surface area contributed by atoms with Gasteiger partial charge in [0.05, 0.1) is 10.0 Å². The maximum Gasteiger partial charge on any atom is 0.123 e. The molecule has 0 amide bonds. The third-order valence-corrected chi connectivity index (χ3v) is 4.25. The zero-order valence-corrected chi connectivity index (χ0v) is 12.4. The molecule has 0 aromatic heterocycles. The molecule has 0 saturated carbocycles. The molecule has 0 nitrogen and oxygen atoms in total. The molecule has 0 fully saturated rings. The third-order valence-electron chi connectivity index (χ3n) is 3.13. The second-order valence-corrected chi connectivity index (χ2v) is 5.62. The molecule has 0 saturated heterocycles. The Bertz CT molecular complexity index is 812. The summed E-state index contributed by atoms with van der Waals surface area (Å²) in [6.45, 7) is 0. The van der Waals surface area contributed by atoms with Gasteiger partial charge in [-0.25, -0.2) is 4.39 Å². The molecule has 0 atom stereocenters. The minimum Gasteiger partial charge on any atom is -0.207 e. The van der Waals surface area contributed by atoms with E-state index in [2.05, 4.69) is 0 Å². The normalized spacial score (nSPS) is 11.0. The maximum atomic E-state index is 13.2.